The Labute approximate surface area is 222 Å². The quantitative estimate of drug-likeness (QED) is 0.300. The van der Waals surface area contributed by atoms with Gasteiger partial charge in [-0.25, -0.2) is 9.38 Å². The Bertz CT molecular complexity index is 1200. The van der Waals surface area contributed by atoms with Crippen molar-refractivity contribution in [2.45, 2.75) is 25.6 Å². The summed E-state index contributed by atoms with van der Waals surface area (Å²) in [6, 6.07) is 8.14. The van der Waals surface area contributed by atoms with E-state index in [1.165, 1.54) is 12.1 Å². The number of hydrogen-bond acceptors (Lipinski definition) is 8. The number of halogens is 3. The van der Waals surface area contributed by atoms with Gasteiger partial charge in [0.05, 0.1) is 43.7 Å². The molecule has 2 unspecified atom stereocenters. The van der Waals surface area contributed by atoms with Gasteiger partial charge in [0.2, 0.25) is 5.91 Å². The number of nitrogens with zero attached hydrogens (tertiary/aromatic N) is 1. The van der Waals surface area contributed by atoms with E-state index in [1.54, 1.807) is 31.2 Å². The number of aromatic hydroxyl groups is 1. The lowest BCUT2D eigenvalue weighted by Gasteiger charge is -2.20. The molecule has 0 aromatic heterocycles. The van der Waals surface area contributed by atoms with E-state index in [0.29, 0.717) is 11.6 Å². The average Bonchev–Trinajstić information content (AvgIpc) is 2.86. The van der Waals surface area contributed by atoms with Gasteiger partial charge in [0.15, 0.2) is 5.96 Å². The van der Waals surface area contributed by atoms with Crippen molar-refractivity contribution >= 4 is 52.6 Å². The molecule has 0 fully saturated rings. The minimum atomic E-state index is -1.05. The van der Waals surface area contributed by atoms with E-state index in [1.807, 2.05) is 0 Å². The number of amides is 2. The van der Waals surface area contributed by atoms with Crippen LogP contribution in [0.2, 0.25) is 10.0 Å². The van der Waals surface area contributed by atoms with Crippen LogP contribution >= 0.6 is 23.2 Å². The van der Waals surface area contributed by atoms with Crippen LogP contribution in [0, 0.1) is 0 Å². The van der Waals surface area contributed by atoms with Gasteiger partial charge < -0.3 is 31.1 Å². The number of hydrogen-bond donors (Lipinski definition) is 5. The van der Waals surface area contributed by atoms with E-state index in [-0.39, 0.29) is 53.0 Å². The Morgan fingerprint density at radius 2 is 2.05 bits per heavy atom. The third-order valence-electron chi connectivity index (χ3n) is 5.18. The Hall–Kier alpha value is -3.57. The molecule has 10 nitrogen and oxygen atoms in total. The van der Waals surface area contributed by atoms with E-state index in [2.05, 4.69) is 26.3 Å². The molecule has 2 aromatic rings. The van der Waals surface area contributed by atoms with Gasteiger partial charge in [-0.2, -0.15) is 0 Å². The zero-order valence-corrected chi connectivity index (χ0v) is 21.3. The Morgan fingerprint density at radius 3 is 2.76 bits per heavy atom. The molecule has 1 aliphatic heterocycles. The summed E-state index contributed by atoms with van der Waals surface area (Å²) in [6.07, 6.45) is -1.35. The molecule has 2 aromatic carbocycles. The number of nitrogens with one attached hydrogen (secondary N) is 4. The fraction of sp³-hybridized carbons (Fsp3) is 0.333. The summed E-state index contributed by atoms with van der Waals surface area (Å²) < 4.78 is 18.2. The van der Waals surface area contributed by atoms with E-state index in [9.17, 15) is 23.9 Å². The van der Waals surface area contributed by atoms with Gasteiger partial charge in [-0.3, -0.25) is 14.4 Å². The maximum Gasteiger partial charge on any atom is 0.308 e. The molecule has 1 heterocycles. The fourth-order valence-corrected chi connectivity index (χ4v) is 3.97. The van der Waals surface area contributed by atoms with Crippen molar-refractivity contribution < 1.29 is 28.6 Å². The van der Waals surface area contributed by atoms with Crippen LogP contribution in [0.4, 0.5) is 10.1 Å². The second-order valence-electron chi connectivity index (χ2n) is 8.01. The zero-order valence-electron chi connectivity index (χ0n) is 19.8. The minimum absolute atomic E-state index is 0.0426. The smallest absolute Gasteiger partial charge is 0.308 e. The highest BCUT2D eigenvalue weighted by Gasteiger charge is 2.24. The monoisotopic (exact) mass is 553 g/mol. The van der Waals surface area contributed by atoms with E-state index >= 15 is 0 Å². The number of guanidine groups is 1. The molecule has 2 amide bonds. The molecule has 0 spiro atoms. The zero-order chi connectivity index (χ0) is 26.9. The SMILES string of the molecule is CCOC(=O)CC(NC(=O)CNC(=O)c1cccc(NC2=NCC(F)CN2)c1)c1cc(Cl)cc(Cl)c1O. The number of ether oxygens (including phenoxy) is 1. The molecule has 198 valence electrons. The summed E-state index contributed by atoms with van der Waals surface area (Å²) in [4.78, 5) is 41.4. The molecule has 0 saturated carbocycles. The first-order valence-corrected chi connectivity index (χ1v) is 12.1. The summed E-state index contributed by atoms with van der Waals surface area (Å²) in [5, 5.41) is 21.4. The van der Waals surface area contributed by atoms with Gasteiger partial charge in [-0.1, -0.05) is 29.3 Å². The molecule has 0 radical (unpaired) electrons. The van der Waals surface area contributed by atoms with Crippen LogP contribution in [0.25, 0.3) is 0 Å². The van der Waals surface area contributed by atoms with E-state index in [0.717, 1.165) is 0 Å². The fourth-order valence-electron chi connectivity index (χ4n) is 3.46. The van der Waals surface area contributed by atoms with E-state index in [4.69, 9.17) is 27.9 Å². The van der Waals surface area contributed by atoms with Crippen LogP contribution in [0.5, 0.6) is 5.75 Å². The van der Waals surface area contributed by atoms with Crippen LogP contribution in [-0.2, 0) is 14.3 Å². The lowest BCUT2D eigenvalue weighted by molar-refractivity contribution is -0.143. The maximum atomic E-state index is 13.2. The van der Waals surface area contributed by atoms with Crippen molar-refractivity contribution in [2.24, 2.45) is 4.99 Å². The van der Waals surface area contributed by atoms with Gasteiger partial charge in [-0.05, 0) is 37.3 Å². The number of aliphatic imine (C=N–C) groups is 1. The lowest BCUT2D eigenvalue weighted by Crippen LogP contribution is -2.41. The predicted molar refractivity (Wildman–Crippen MR) is 138 cm³/mol. The van der Waals surface area contributed by atoms with Crippen molar-refractivity contribution in [2.75, 3.05) is 31.6 Å². The lowest BCUT2D eigenvalue weighted by atomic mass is 10.0. The van der Waals surface area contributed by atoms with Gasteiger partial charge in [0.1, 0.15) is 11.9 Å². The molecule has 1 aliphatic rings. The minimum Gasteiger partial charge on any atom is -0.506 e. The predicted octanol–water partition coefficient (Wildman–Crippen LogP) is 2.95. The molecule has 3 rings (SSSR count). The molecular weight excluding hydrogens is 528 g/mol. The van der Waals surface area contributed by atoms with Crippen LogP contribution in [0.15, 0.2) is 41.4 Å². The third-order valence-corrected chi connectivity index (χ3v) is 5.69. The first-order valence-electron chi connectivity index (χ1n) is 11.4. The van der Waals surface area contributed by atoms with Crippen molar-refractivity contribution in [1.29, 1.82) is 0 Å². The highest BCUT2D eigenvalue weighted by atomic mass is 35.5. The standard InChI is InChI=1S/C24H26Cl2FN5O5/c1-2-37-21(34)9-19(17-7-14(25)8-18(26)22(17)35)32-20(33)12-28-23(36)13-4-3-5-16(6-13)31-24-29-10-15(27)11-30-24/h3-8,15,19,35H,2,9-12H2,1H3,(H,28,36)(H,32,33)(H2,29,30,31). The summed E-state index contributed by atoms with van der Waals surface area (Å²) >= 11 is 12.0. The second kappa shape index (κ2) is 13.1. The normalized spacial score (nSPS) is 15.6. The molecule has 13 heteroatoms. The molecule has 0 aliphatic carbocycles. The highest BCUT2D eigenvalue weighted by molar-refractivity contribution is 6.35. The molecular formula is C24H26Cl2FN5O5. The number of phenols is 1. The second-order valence-corrected chi connectivity index (χ2v) is 8.85. The molecule has 2 atom stereocenters. The summed E-state index contributed by atoms with van der Waals surface area (Å²) in [7, 11) is 0. The number of rotatable bonds is 9. The Kier molecular flexibility index (Phi) is 9.93. The Balaban J connectivity index is 1.64. The van der Waals surface area contributed by atoms with Gasteiger partial charge in [0.25, 0.3) is 5.91 Å². The number of carbonyl (C=O) groups excluding carboxylic acids is 3. The summed E-state index contributed by atoms with van der Waals surface area (Å²) in [5.74, 6) is -1.72. The topological polar surface area (TPSA) is 141 Å². The number of phenolic OH excluding ortho intramolecular Hbond substituents is 1. The van der Waals surface area contributed by atoms with Crippen LogP contribution in [-0.4, -0.2) is 61.3 Å². The van der Waals surface area contributed by atoms with E-state index < -0.39 is 36.5 Å². The summed E-state index contributed by atoms with van der Waals surface area (Å²) in [5.41, 5.74) is 0.936. The molecule has 37 heavy (non-hydrogen) atoms. The number of alkyl halides is 1. The van der Waals surface area contributed by atoms with Crippen LogP contribution in [0.1, 0.15) is 35.3 Å². The van der Waals surface area contributed by atoms with Gasteiger partial charge in [-0.15, -0.1) is 0 Å². The van der Waals surface area contributed by atoms with Gasteiger partial charge >= 0.3 is 5.97 Å². The van der Waals surface area contributed by atoms with Crippen LogP contribution < -0.4 is 21.3 Å². The van der Waals surface area contributed by atoms with Crippen molar-refractivity contribution in [3.8, 4) is 5.75 Å². The summed E-state index contributed by atoms with van der Waals surface area (Å²) in [6.45, 7) is 1.53. The number of anilines is 1. The van der Waals surface area contributed by atoms with Crippen LogP contribution in [0.3, 0.4) is 0 Å². The number of benzene rings is 2. The molecule has 0 saturated heterocycles. The molecule has 0 bridgehead atoms. The number of esters is 1. The van der Waals surface area contributed by atoms with Crippen molar-refractivity contribution in [1.82, 2.24) is 16.0 Å². The number of carbonyl (C=O) groups is 3. The largest absolute Gasteiger partial charge is 0.506 e. The van der Waals surface area contributed by atoms with Crippen molar-refractivity contribution in [3.63, 3.8) is 0 Å². The maximum absolute atomic E-state index is 13.2. The van der Waals surface area contributed by atoms with Gasteiger partial charge in [0, 0.05) is 21.8 Å². The molecule has 5 N–H and O–H groups in total. The highest BCUT2D eigenvalue weighted by Crippen LogP contribution is 2.36. The Morgan fingerprint density at radius 1 is 1.27 bits per heavy atom. The third kappa shape index (κ3) is 8.22. The van der Waals surface area contributed by atoms with Crippen molar-refractivity contribution in [3.05, 3.63) is 57.6 Å². The first kappa shape index (κ1) is 28.0. The first-order chi connectivity index (χ1) is 17.7. The average molecular weight is 554 g/mol.